The van der Waals surface area contributed by atoms with E-state index in [1.54, 1.807) is 25.6 Å². The standard InChI is InChI=1S/C17H25NO3S/c1-12-5-6-14(11-13(12)2)22-10-7-15(19)18-9-8-17(3,4)16(20)21/h5-6,11H,7-10H2,1-4H3,(H,18,19)(H,20,21). The zero-order chi connectivity index (χ0) is 16.8. The minimum Gasteiger partial charge on any atom is -0.481 e. The molecule has 0 atom stereocenters. The molecule has 0 spiro atoms. The maximum absolute atomic E-state index is 11.7. The van der Waals surface area contributed by atoms with Crippen LogP contribution in [-0.2, 0) is 9.59 Å². The summed E-state index contributed by atoms with van der Waals surface area (Å²) in [5, 5.41) is 11.8. The van der Waals surface area contributed by atoms with Crippen LogP contribution < -0.4 is 5.32 Å². The second-order valence-corrected chi connectivity index (χ2v) is 7.30. The van der Waals surface area contributed by atoms with Crippen LogP contribution in [0.4, 0.5) is 0 Å². The summed E-state index contributed by atoms with van der Waals surface area (Å²) in [6.07, 6.45) is 0.865. The van der Waals surface area contributed by atoms with E-state index in [1.165, 1.54) is 16.0 Å². The topological polar surface area (TPSA) is 66.4 Å². The van der Waals surface area contributed by atoms with Gasteiger partial charge in [-0.2, -0.15) is 0 Å². The van der Waals surface area contributed by atoms with Gasteiger partial charge in [0.2, 0.25) is 5.91 Å². The summed E-state index contributed by atoms with van der Waals surface area (Å²) < 4.78 is 0. The Kier molecular flexibility index (Phi) is 6.94. The number of carboxylic acids is 1. The van der Waals surface area contributed by atoms with Crippen molar-refractivity contribution in [2.24, 2.45) is 5.41 Å². The van der Waals surface area contributed by atoms with Gasteiger partial charge in [-0.25, -0.2) is 0 Å². The minimum absolute atomic E-state index is 0.0301. The third-order valence-electron chi connectivity index (χ3n) is 3.73. The minimum atomic E-state index is -0.841. The molecule has 1 rings (SSSR count). The molecule has 0 heterocycles. The number of benzene rings is 1. The summed E-state index contributed by atoms with van der Waals surface area (Å²) in [5.41, 5.74) is 1.72. The second kappa shape index (κ2) is 8.22. The van der Waals surface area contributed by atoms with Crippen LogP contribution in [0.25, 0.3) is 0 Å². The molecule has 122 valence electrons. The van der Waals surface area contributed by atoms with Crippen molar-refractivity contribution >= 4 is 23.6 Å². The van der Waals surface area contributed by atoms with Gasteiger partial charge < -0.3 is 10.4 Å². The van der Waals surface area contributed by atoms with E-state index in [4.69, 9.17) is 5.11 Å². The fourth-order valence-corrected chi connectivity index (χ4v) is 2.72. The predicted octanol–water partition coefficient (Wildman–Crippen LogP) is 3.40. The molecule has 4 nitrogen and oxygen atoms in total. The zero-order valence-corrected chi connectivity index (χ0v) is 14.5. The van der Waals surface area contributed by atoms with Crippen molar-refractivity contribution in [3.63, 3.8) is 0 Å². The Labute approximate surface area is 136 Å². The van der Waals surface area contributed by atoms with Crippen molar-refractivity contribution in [1.82, 2.24) is 5.32 Å². The van der Waals surface area contributed by atoms with E-state index in [0.717, 1.165) is 5.75 Å². The van der Waals surface area contributed by atoms with E-state index in [1.807, 2.05) is 0 Å². The Bertz CT molecular complexity index is 541. The lowest BCUT2D eigenvalue weighted by Gasteiger charge is -2.18. The molecular weight excluding hydrogens is 298 g/mol. The van der Waals surface area contributed by atoms with Crippen LogP contribution in [0.2, 0.25) is 0 Å². The van der Waals surface area contributed by atoms with Gasteiger partial charge in [-0.05, 0) is 57.4 Å². The Morgan fingerprint density at radius 3 is 2.50 bits per heavy atom. The highest BCUT2D eigenvalue weighted by atomic mass is 32.2. The first-order valence-electron chi connectivity index (χ1n) is 7.42. The Hall–Kier alpha value is -1.49. The average Bonchev–Trinajstić information content (AvgIpc) is 2.42. The first-order valence-corrected chi connectivity index (χ1v) is 8.41. The van der Waals surface area contributed by atoms with Crippen LogP contribution in [-0.4, -0.2) is 29.3 Å². The van der Waals surface area contributed by atoms with E-state index < -0.39 is 11.4 Å². The molecule has 0 unspecified atom stereocenters. The molecule has 2 N–H and O–H groups in total. The maximum Gasteiger partial charge on any atom is 0.309 e. The fraction of sp³-hybridized carbons (Fsp3) is 0.529. The normalized spacial score (nSPS) is 11.3. The van der Waals surface area contributed by atoms with Crippen molar-refractivity contribution in [3.05, 3.63) is 29.3 Å². The van der Waals surface area contributed by atoms with E-state index in [9.17, 15) is 9.59 Å². The molecule has 0 aliphatic heterocycles. The van der Waals surface area contributed by atoms with Crippen molar-refractivity contribution < 1.29 is 14.7 Å². The first kappa shape index (κ1) is 18.6. The Morgan fingerprint density at radius 1 is 1.23 bits per heavy atom. The molecule has 0 saturated heterocycles. The summed E-state index contributed by atoms with van der Waals surface area (Å²) in [7, 11) is 0. The molecule has 1 amide bonds. The molecule has 0 aliphatic rings. The number of thioether (sulfide) groups is 1. The van der Waals surface area contributed by atoms with Gasteiger partial charge in [0.25, 0.3) is 0 Å². The smallest absolute Gasteiger partial charge is 0.309 e. The first-order chi connectivity index (χ1) is 10.2. The largest absolute Gasteiger partial charge is 0.481 e. The third kappa shape index (κ3) is 6.10. The summed E-state index contributed by atoms with van der Waals surface area (Å²) >= 11 is 1.66. The number of carbonyl (C=O) groups is 2. The molecule has 0 fully saturated rings. The van der Waals surface area contributed by atoms with Crippen LogP contribution in [0.3, 0.4) is 0 Å². The molecule has 1 aromatic rings. The summed E-state index contributed by atoms with van der Waals surface area (Å²) in [6.45, 7) is 7.88. The van der Waals surface area contributed by atoms with E-state index in [2.05, 4.69) is 37.4 Å². The molecule has 1 aromatic carbocycles. The van der Waals surface area contributed by atoms with Crippen LogP contribution in [0.5, 0.6) is 0 Å². The number of carbonyl (C=O) groups excluding carboxylic acids is 1. The predicted molar refractivity (Wildman–Crippen MR) is 90.3 cm³/mol. The summed E-state index contributed by atoms with van der Waals surface area (Å²) in [5.74, 6) is -0.152. The average molecular weight is 323 g/mol. The lowest BCUT2D eigenvalue weighted by atomic mass is 9.90. The van der Waals surface area contributed by atoms with Crippen LogP contribution in [0.15, 0.2) is 23.1 Å². The summed E-state index contributed by atoms with van der Waals surface area (Å²) in [4.78, 5) is 23.9. The lowest BCUT2D eigenvalue weighted by Crippen LogP contribution is -2.32. The van der Waals surface area contributed by atoms with Crippen LogP contribution in [0.1, 0.15) is 37.8 Å². The van der Waals surface area contributed by atoms with Crippen molar-refractivity contribution in [2.75, 3.05) is 12.3 Å². The van der Waals surface area contributed by atoms with Gasteiger partial charge in [-0.3, -0.25) is 9.59 Å². The maximum atomic E-state index is 11.7. The van der Waals surface area contributed by atoms with E-state index >= 15 is 0 Å². The molecule has 0 saturated carbocycles. The second-order valence-electron chi connectivity index (χ2n) is 6.13. The lowest BCUT2D eigenvalue weighted by molar-refractivity contribution is -0.147. The zero-order valence-electron chi connectivity index (χ0n) is 13.7. The van der Waals surface area contributed by atoms with Crippen LogP contribution >= 0.6 is 11.8 Å². The van der Waals surface area contributed by atoms with Crippen molar-refractivity contribution in [2.45, 2.75) is 45.4 Å². The van der Waals surface area contributed by atoms with Crippen molar-refractivity contribution in [3.8, 4) is 0 Å². The van der Waals surface area contributed by atoms with Gasteiger partial charge >= 0.3 is 5.97 Å². The monoisotopic (exact) mass is 323 g/mol. The molecule has 5 heteroatoms. The number of rotatable bonds is 8. The van der Waals surface area contributed by atoms with Crippen molar-refractivity contribution in [1.29, 1.82) is 0 Å². The number of aliphatic carboxylic acids is 1. The van der Waals surface area contributed by atoms with E-state index in [-0.39, 0.29) is 5.91 Å². The molecule has 0 aromatic heterocycles. The third-order valence-corrected chi connectivity index (χ3v) is 4.72. The number of hydrogen-bond acceptors (Lipinski definition) is 3. The highest BCUT2D eigenvalue weighted by Gasteiger charge is 2.26. The SMILES string of the molecule is Cc1ccc(SCCC(=O)NCCC(C)(C)C(=O)O)cc1C. The van der Waals surface area contributed by atoms with Gasteiger partial charge in [0.1, 0.15) is 0 Å². The van der Waals surface area contributed by atoms with E-state index in [0.29, 0.717) is 19.4 Å². The molecule has 22 heavy (non-hydrogen) atoms. The number of hydrogen-bond donors (Lipinski definition) is 2. The highest BCUT2D eigenvalue weighted by Crippen LogP contribution is 2.22. The quantitative estimate of drug-likeness (QED) is 0.720. The Balaban J connectivity index is 2.26. The number of amides is 1. The molecule has 0 bridgehead atoms. The van der Waals surface area contributed by atoms with Crippen LogP contribution in [0, 0.1) is 19.3 Å². The van der Waals surface area contributed by atoms with Gasteiger partial charge in [0, 0.05) is 23.6 Å². The molecule has 0 radical (unpaired) electrons. The number of nitrogens with one attached hydrogen (secondary N) is 1. The van der Waals surface area contributed by atoms with Gasteiger partial charge in [0.15, 0.2) is 0 Å². The number of aryl methyl sites for hydroxylation is 2. The molecular formula is C17H25NO3S. The molecule has 0 aliphatic carbocycles. The number of carboxylic acid groups (broad SMARTS) is 1. The van der Waals surface area contributed by atoms with Gasteiger partial charge in [-0.15, -0.1) is 11.8 Å². The Morgan fingerprint density at radius 2 is 1.91 bits per heavy atom. The van der Waals surface area contributed by atoms with Gasteiger partial charge in [-0.1, -0.05) is 6.07 Å². The van der Waals surface area contributed by atoms with Gasteiger partial charge in [0.05, 0.1) is 5.41 Å². The fourth-order valence-electron chi connectivity index (χ4n) is 1.78. The summed E-state index contributed by atoms with van der Waals surface area (Å²) in [6, 6.07) is 6.29. The highest BCUT2D eigenvalue weighted by molar-refractivity contribution is 7.99.